The lowest BCUT2D eigenvalue weighted by atomic mass is 9.71. The Kier molecular flexibility index (Phi) is 6.68. The number of hydrogen-bond acceptors (Lipinski definition) is 5. The zero-order chi connectivity index (χ0) is 16.0. The maximum absolute atomic E-state index is 12.1. The molecular weight excluding hydrogens is 264 g/mol. The highest BCUT2D eigenvalue weighted by Crippen LogP contribution is 2.39. The van der Waals surface area contributed by atoms with Gasteiger partial charge in [-0.15, -0.1) is 0 Å². The molecule has 6 heteroatoms. The van der Waals surface area contributed by atoms with Gasteiger partial charge >= 0.3 is 17.9 Å². The van der Waals surface area contributed by atoms with Crippen molar-refractivity contribution in [2.24, 2.45) is 10.8 Å². The number of hydrogen-bond donors (Lipinski definition) is 1. The van der Waals surface area contributed by atoms with Crippen LogP contribution in [-0.2, 0) is 23.9 Å². The maximum Gasteiger partial charge on any atom is 0.311 e. The van der Waals surface area contributed by atoms with Crippen molar-refractivity contribution in [3.8, 4) is 0 Å². The van der Waals surface area contributed by atoms with E-state index in [9.17, 15) is 14.4 Å². The number of esters is 2. The molecule has 0 fully saturated rings. The molecule has 0 aromatic rings. The van der Waals surface area contributed by atoms with Crippen LogP contribution in [-0.4, -0.2) is 36.7 Å². The molecule has 0 saturated carbocycles. The molecule has 0 aromatic carbocycles. The van der Waals surface area contributed by atoms with Crippen LogP contribution in [0.2, 0.25) is 0 Å². The highest BCUT2D eigenvalue weighted by atomic mass is 16.5. The fraction of sp³-hybridized carbons (Fsp3) is 0.786. The van der Waals surface area contributed by atoms with Gasteiger partial charge in [-0.05, 0) is 40.5 Å². The van der Waals surface area contributed by atoms with E-state index in [-0.39, 0.29) is 25.9 Å². The summed E-state index contributed by atoms with van der Waals surface area (Å²) >= 11 is 0. The maximum atomic E-state index is 12.1. The molecule has 116 valence electrons. The van der Waals surface area contributed by atoms with Gasteiger partial charge in [-0.2, -0.15) is 0 Å². The van der Waals surface area contributed by atoms with Gasteiger partial charge in [0.05, 0.1) is 24.5 Å². The van der Waals surface area contributed by atoms with Gasteiger partial charge in [0.25, 0.3) is 0 Å². The van der Waals surface area contributed by atoms with E-state index in [4.69, 9.17) is 14.6 Å². The molecule has 0 aliphatic heterocycles. The minimum atomic E-state index is -1.04. The van der Waals surface area contributed by atoms with Crippen molar-refractivity contribution in [3.63, 3.8) is 0 Å². The van der Waals surface area contributed by atoms with E-state index >= 15 is 0 Å². The normalized spacial score (nSPS) is 14.2. The first-order chi connectivity index (χ1) is 9.09. The number of carbonyl (C=O) groups excluding carboxylic acids is 2. The number of carbonyl (C=O) groups is 3. The molecule has 0 spiro atoms. The lowest BCUT2D eigenvalue weighted by molar-refractivity contribution is -0.162. The van der Waals surface area contributed by atoms with Gasteiger partial charge in [0, 0.05) is 6.42 Å². The van der Waals surface area contributed by atoms with Gasteiger partial charge in [0.2, 0.25) is 0 Å². The molecular formula is C14H24O6. The van der Waals surface area contributed by atoms with Crippen molar-refractivity contribution < 1.29 is 29.0 Å². The van der Waals surface area contributed by atoms with E-state index in [1.165, 1.54) is 7.11 Å². The van der Waals surface area contributed by atoms with Gasteiger partial charge in [-0.3, -0.25) is 14.4 Å². The number of aliphatic carboxylic acids is 1. The van der Waals surface area contributed by atoms with Crippen LogP contribution < -0.4 is 0 Å². The second-order valence-corrected chi connectivity index (χ2v) is 5.73. The summed E-state index contributed by atoms with van der Waals surface area (Å²) in [5, 5.41) is 8.80. The van der Waals surface area contributed by atoms with Crippen molar-refractivity contribution in [3.05, 3.63) is 0 Å². The molecule has 1 unspecified atom stereocenters. The second kappa shape index (κ2) is 7.26. The zero-order valence-corrected chi connectivity index (χ0v) is 12.8. The lowest BCUT2D eigenvalue weighted by Crippen LogP contribution is -2.39. The Morgan fingerprint density at radius 1 is 1.10 bits per heavy atom. The van der Waals surface area contributed by atoms with Gasteiger partial charge < -0.3 is 14.6 Å². The second-order valence-electron chi connectivity index (χ2n) is 5.73. The van der Waals surface area contributed by atoms with Crippen LogP contribution in [0.3, 0.4) is 0 Å². The number of rotatable bonds is 8. The molecule has 0 aliphatic rings. The first-order valence-corrected chi connectivity index (χ1v) is 6.56. The van der Waals surface area contributed by atoms with Crippen molar-refractivity contribution in [1.82, 2.24) is 0 Å². The van der Waals surface area contributed by atoms with Crippen LogP contribution in [0.25, 0.3) is 0 Å². The molecule has 0 radical (unpaired) electrons. The smallest absolute Gasteiger partial charge is 0.311 e. The van der Waals surface area contributed by atoms with Gasteiger partial charge in [-0.25, -0.2) is 0 Å². The highest BCUT2D eigenvalue weighted by Gasteiger charge is 2.43. The summed E-state index contributed by atoms with van der Waals surface area (Å²) in [4.78, 5) is 34.6. The van der Waals surface area contributed by atoms with Gasteiger partial charge in [0.1, 0.15) is 0 Å². The number of carboxylic acids is 1. The number of methoxy groups -OCH3 is 1. The summed E-state index contributed by atoms with van der Waals surface area (Å²) in [5.41, 5.74) is -1.93. The molecule has 0 amide bonds. The van der Waals surface area contributed by atoms with Gasteiger partial charge in [-0.1, -0.05) is 0 Å². The van der Waals surface area contributed by atoms with Crippen molar-refractivity contribution in [2.75, 3.05) is 13.7 Å². The van der Waals surface area contributed by atoms with E-state index in [1.54, 1.807) is 27.7 Å². The fourth-order valence-electron chi connectivity index (χ4n) is 2.27. The Bertz CT molecular complexity index is 374. The van der Waals surface area contributed by atoms with E-state index in [2.05, 4.69) is 0 Å². The molecule has 0 rings (SSSR count). The molecule has 0 heterocycles. The number of carboxylic acid groups (broad SMARTS) is 1. The molecule has 0 saturated heterocycles. The van der Waals surface area contributed by atoms with Crippen LogP contribution >= 0.6 is 0 Å². The molecule has 0 aromatic heterocycles. The Labute approximate surface area is 119 Å². The third-order valence-corrected chi connectivity index (χ3v) is 3.23. The van der Waals surface area contributed by atoms with Crippen LogP contribution in [0, 0.1) is 10.8 Å². The van der Waals surface area contributed by atoms with Crippen molar-refractivity contribution >= 4 is 17.9 Å². The topological polar surface area (TPSA) is 89.9 Å². The SMILES string of the molecule is CCOC(=O)C(C)(CCC(=O)O)CC(C)(C)C(=O)OC. The van der Waals surface area contributed by atoms with E-state index in [0.29, 0.717) is 0 Å². The Balaban J connectivity index is 5.16. The first-order valence-electron chi connectivity index (χ1n) is 6.56. The highest BCUT2D eigenvalue weighted by molar-refractivity contribution is 5.81. The fourth-order valence-corrected chi connectivity index (χ4v) is 2.27. The van der Waals surface area contributed by atoms with Gasteiger partial charge in [0.15, 0.2) is 0 Å². The minimum Gasteiger partial charge on any atom is -0.481 e. The third-order valence-electron chi connectivity index (χ3n) is 3.23. The summed E-state index contributed by atoms with van der Waals surface area (Å²) in [7, 11) is 1.28. The van der Waals surface area contributed by atoms with Crippen LogP contribution in [0.5, 0.6) is 0 Å². The molecule has 1 N–H and O–H groups in total. The Hall–Kier alpha value is -1.59. The Morgan fingerprint density at radius 2 is 1.65 bits per heavy atom. The Morgan fingerprint density at radius 3 is 2.05 bits per heavy atom. The van der Waals surface area contributed by atoms with Crippen LogP contribution in [0.15, 0.2) is 0 Å². The predicted molar refractivity (Wildman–Crippen MR) is 72.0 cm³/mol. The van der Waals surface area contributed by atoms with Crippen LogP contribution in [0.1, 0.15) is 47.0 Å². The lowest BCUT2D eigenvalue weighted by Gasteiger charge is -2.33. The standard InChI is InChI=1S/C14H24O6/c1-6-20-12(18)14(4,8-7-10(15)16)9-13(2,3)11(17)19-5/h6-9H2,1-5H3,(H,15,16). The molecule has 6 nitrogen and oxygen atoms in total. The molecule has 0 bridgehead atoms. The monoisotopic (exact) mass is 288 g/mol. The van der Waals surface area contributed by atoms with E-state index < -0.39 is 28.7 Å². The molecule has 0 aliphatic carbocycles. The third kappa shape index (κ3) is 5.19. The van der Waals surface area contributed by atoms with E-state index in [1.807, 2.05) is 0 Å². The summed E-state index contributed by atoms with van der Waals surface area (Å²) < 4.78 is 9.73. The minimum absolute atomic E-state index is 0.113. The van der Waals surface area contributed by atoms with Crippen molar-refractivity contribution in [2.45, 2.75) is 47.0 Å². The average Bonchev–Trinajstić information content (AvgIpc) is 2.35. The summed E-state index contributed by atoms with van der Waals surface area (Å²) in [5.74, 6) is -1.92. The first kappa shape index (κ1) is 18.4. The predicted octanol–water partition coefficient (Wildman–Crippen LogP) is 2.01. The quantitative estimate of drug-likeness (QED) is 0.687. The molecule has 1 atom stereocenters. The summed E-state index contributed by atoms with van der Waals surface area (Å²) in [6.07, 6.45) is 0.118. The summed E-state index contributed by atoms with van der Waals surface area (Å²) in [6.45, 7) is 6.84. The summed E-state index contributed by atoms with van der Waals surface area (Å²) in [6, 6.07) is 0. The molecule has 20 heavy (non-hydrogen) atoms. The van der Waals surface area contributed by atoms with Crippen LogP contribution in [0.4, 0.5) is 0 Å². The van der Waals surface area contributed by atoms with Crippen molar-refractivity contribution in [1.29, 1.82) is 0 Å². The average molecular weight is 288 g/mol. The number of ether oxygens (including phenoxy) is 2. The largest absolute Gasteiger partial charge is 0.481 e. The van der Waals surface area contributed by atoms with E-state index in [0.717, 1.165) is 0 Å². The zero-order valence-electron chi connectivity index (χ0n) is 12.8.